The number of halogens is 3. The smallest absolute Gasteiger partial charge is 0.242 e. The molecule has 10 nitrogen and oxygen atoms in total. The van der Waals surface area contributed by atoms with Crippen molar-refractivity contribution in [1.29, 1.82) is 0 Å². The quantitative estimate of drug-likeness (QED) is 0.293. The summed E-state index contributed by atoms with van der Waals surface area (Å²) in [6.07, 6.45) is 0.892. The average Bonchev–Trinajstić information content (AvgIpc) is 3.32. The number of nitrogens with one attached hydrogen (secondary N) is 2. The molecule has 5 rings (SSSR count). The maximum atomic E-state index is 14.3. The summed E-state index contributed by atoms with van der Waals surface area (Å²) in [6.45, 7) is 1.88. The van der Waals surface area contributed by atoms with Gasteiger partial charge in [-0.2, -0.15) is 0 Å². The Morgan fingerprint density at radius 3 is 2.90 bits per heavy atom. The van der Waals surface area contributed by atoms with Gasteiger partial charge >= 0.3 is 0 Å². The second-order valence-corrected chi connectivity index (χ2v) is 12.3. The Labute approximate surface area is 253 Å². The Kier molecular flexibility index (Phi) is 9.60. The minimum Gasteiger partial charge on any atom is -0.593 e. The van der Waals surface area contributed by atoms with Gasteiger partial charge in [0.05, 0.1) is 60.5 Å². The molecule has 14 heteroatoms. The summed E-state index contributed by atoms with van der Waals surface area (Å²) >= 11 is 1.81. The molecule has 5 unspecified atom stereocenters. The second-order valence-electron chi connectivity index (χ2n) is 10.0. The van der Waals surface area contributed by atoms with Crippen molar-refractivity contribution in [1.82, 2.24) is 19.6 Å². The minimum atomic E-state index is -1.67. The van der Waals surface area contributed by atoms with Gasteiger partial charge in [-0.25, -0.2) is 18.7 Å². The molecule has 42 heavy (non-hydrogen) atoms. The van der Waals surface area contributed by atoms with Crippen LogP contribution in [0.25, 0.3) is 11.3 Å². The normalized spacial score (nSPS) is 21.8. The topological polar surface area (TPSA) is 132 Å². The fourth-order valence-electron chi connectivity index (χ4n) is 4.86. The van der Waals surface area contributed by atoms with Crippen LogP contribution in [0.1, 0.15) is 30.5 Å². The number of alkyl halides is 1. The zero-order valence-corrected chi connectivity index (χ0v) is 25.3. The molecule has 0 aliphatic carbocycles. The SMILES string of the molecule is COc1cc(F)cc(C(CO)NC(=O)C(C)N2Cc3ccc(-c4nc(NC5CCOCC5F)ncc4Br)cc3[S+]2[O-])c1. The molecule has 1 aromatic heterocycles. The summed E-state index contributed by atoms with van der Waals surface area (Å²) in [7, 11) is 1.40. The summed E-state index contributed by atoms with van der Waals surface area (Å²) < 4.78 is 54.2. The molecule has 0 bridgehead atoms. The number of aliphatic hydroxyl groups is 1. The van der Waals surface area contributed by atoms with Crippen molar-refractivity contribution in [2.24, 2.45) is 0 Å². The average molecular weight is 667 g/mol. The molecular formula is C28H30BrF2N5O5S. The molecule has 0 saturated carbocycles. The molecule has 3 aromatic rings. The lowest BCUT2D eigenvalue weighted by atomic mass is 10.1. The number of aliphatic hydroxyl groups excluding tert-OH is 1. The number of rotatable bonds is 9. The van der Waals surface area contributed by atoms with E-state index in [1.165, 1.54) is 25.3 Å². The van der Waals surface area contributed by atoms with Gasteiger partial charge < -0.3 is 29.8 Å². The first kappa shape index (κ1) is 30.6. The first-order chi connectivity index (χ1) is 20.2. The van der Waals surface area contributed by atoms with Crippen molar-refractivity contribution in [2.75, 3.05) is 32.2 Å². The number of nitrogens with zero attached hydrogens (tertiary/aromatic N) is 3. The highest BCUT2D eigenvalue weighted by atomic mass is 79.9. The van der Waals surface area contributed by atoms with Gasteiger partial charge in [-0.3, -0.25) is 4.79 Å². The van der Waals surface area contributed by atoms with Crippen molar-refractivity contribution >= 4 is 39.1 Å². The van der Waals surface area contributed by atoms with E-state index >= 15 is 0 Å². The Balaban J connectivity index is 1.31. The molecule has 2 aliphatic rings. The van der Waals surface area contributed by atoms with Crippen LogP contribution in [0.4, 0.5) is 14.7 Å². The van der Waals surface area contributed by atoms with Crippen LogP contribution in [-0.4, -0.2) is 75.0 Å². The molecule has 3 heterocycles. The molecule has 3 N–H and O–H groups in total. The number of fused-ring (bicyclic) bond motifs is 1. The van der Waals surface area contributed by atoms with Crippen LogP contribution in [0.15, 0.2) is 52.0 Å². The Morgan fingerprint density at radius 1 is 1.36 bits per heavy atom. The lowest BCUT2D eigenvalue weighted by molar-refractivity contribution is -0.125. The highest BCUT2D eigenvalue weighted by molar-refractivity contribution is 9.10. The number of methoxy groups -OCH3 is 1. The summed E-state index contributed by atoms with van der Waals surface area (Å²) in [6, 6.07) is 7.20. The Bertz CT molecular complexity index is 1460. The molecule has 1 fully saturated rings. The summed E-state index contributed by atoms with van der Waals surface area (Å²) in [5, 5.41) is 15.7. The molecule has 224 valence electrons. The number of hydrogen-bond acceptors (Lipinski definition) is 9. The highest BCUT2D eigenvalue weighted by Gasteiger charge is 2.41. The van der Waals surface area contributed by atoms with E-state index in [4.69, 9.17) is 9.47 Å². The number of benzene rings is 2. The third-order valence-electron chi connectivity index (χ3n) is 7.26. The summed E-state index contributed by atoms with van der Waals surface area (Å²) in [5.74, 6) is -0.519. The van der Waals surface area contributed by atoms with Gasteiger partial charge in [0.1, 0.15) is 23.8 Å². The Hall–Kier alpha value is -2.88. The molecule has 5 atom stereocenters. The third kappa shape index (κ3) is 6.53. The lowest BCUT2D eigenvalue weighted by Gasteiger charge is -2.26. The van der Waals surface area contributed by atoms with Gasteiger partial charge in [0.2, 0.25) is 11.9 Å². The predicted molar refractivity (Wildman–Crippen MR) is 155 cm³/mol. The van der Waals surface area contributed by atoms with Crippen LogP contribution >= 0.6 is 15.9 Å². The van der Waals surface area contributed by atoms with E-state index in [0.29, 0.717) is 39.2 Å². The van der Waals surface area contributed by atoms with Crippen LogP contribution in [0.5, 0.6) is 5.75 Å². The summed E-state index contributed by atoms with van der Waals surface area (Å²) in [4.78, 5) is 22.6. The maximum absolute atomic E-state index is 14.3. The molecule has 2 aliphatic heterocycles. The fourth-order valence-corrected chi connectivity index (χ4v) is 6.76. The maximum Gasteiger partial charge on any atom is 0.242 e. The van der Waals surface area contributed by atoms with Gasteiger partial charge in [0, 0.05) is 36.1 Å². The second kappa shape index (κ2) is 13.2. The zero-order valence-electron chi connectivity index (χ0n) is 22.9. The predicted octanol–water partition coefficient (Wildman–Crippen LogP) is 3.67. The van der Waals surface area contributed by atoms with E-state index in [-0.39, 0.29) is 24.8 Å². The van der Waals surface area contributed by atoms with Crippen molar-refractivity contribution in [3.05, 3.63) is 64.0 Å². The highest BCUT2D eigenvalue weighted by Crippen LogP contribution is 2.37. The molecule has 0 radical (unpaired) electrons. The van der Waals surface area contributed by atoms with Crippen LogP contribution < -0.4 is 15.4 Å². The van der Waals surface area contributed by atoms with E-state index in [1.807, 2.05) is 12.1 Å². The molecular weight excluding hydrogens is 636 g/mol. The molecule has 1 amide bonds. The number of carbonyl (C=O) groups excluding carboxylic acids is 1. The third-order valence-corrected chi connectivity index (χ3v) is 9.46. The van der Waals surface area contributed by atoms with E-state index in [0.717, 1.165) is 5.56 Å². The van der Waals surface area contributed by atoms with Gasteiger partial charge in [-0.1, -0.05) is 12.1 Å². The van der Waals surface area contributed by atoms with Gasteiger partial charge in [0.25, 0.3) is 0 Å². The lowest BCUT2D eigenvalue weighted by Crippen LogP contribution is -2.46. The van der Waals surface area contributed by atoms with Crippen LogP contribution in [0.2, 0.25) is 0 Å². The number of anilines is 1. The number of amides is 1. The van der Waals surface area contributed by atoms with Crippen LogP contribution in [0, 0.1) is 5.82 Å². The minimum absolute atomic E-state index is 0.0187. The van der Waals surface area contributed by atoms with Crippen LogP contribution in [0.3, 0.4) is 0 Å². The van der Waals surface area contributed by atoms with Gasteiger partial charge in [-0.15, -0.1) is 4.31 Å². The summed E-state index contributed by atoms with van der Waals surface area (Å²) in [5.41, 5.74) is 2.34. The number of aromatic nitrogens is 2. The molecule has 0 spiro atoms. The zero-order chi connectivity index (χ0) is 30.0. The molecule has 2 aromatic carbocycles. The van der Waals surface area contributed by atoms with Crippen molar-refractivity contribution in [2.45, 2.75) is 49.1 Å². The fraction of sp³-hybridized carbons (Fsp3) is 0.393. The number of ether oxygens (including phenoxy) is 2. The van der Waals surface area contributed by atoms with Crippen molar-refractivity contribution in [3.63, 3.8) is 0 Å². The first-order valence-electron chi connectivity index (χ1n) is 13.3. The first-order valence-corrected chi connectivity index (χ1v) is 15.2. The van der Waals surface area contributed by atoms with E-state index in [2.05, 4.69) is 36.5 Å². The Morgan fingerprint density at radius 2 is 2.17 bits per heavy atom. The van der Waals surface area contributed by atoms with Gasteiger partial charge in [-0.05, 0) is 47.0 Å². The van der Waals surface area contributed by atoms with E-state index in [9.17, 15) is 23.2 Å². The van der Waals surface area contributed by atoms with Crippen LogP contribution in [-0.2, 0) is 27.4 Å². The van der Waals surface area contributed by atoms with E-state index < -0.39 is 54.0 Å². The number of hydrogen-bond donors (Lipinski definition) is 3. The number of carbonyl (C=O) groups is 1. The largest absolute Gasteiger partial charge is 0.593 e. The molecule has 1 saturated heterocycles. The van der Waals surface area contributed by atoms with Crippen molar-refractivity contribution < 1.29 is 32.7 Å². The van der Waals surface area contributed by atoms with Crippen molar-refractivity contribution in [3.8, 4) is 17.0 Å². The van der Waals surface area contributed by atoms with E-state index in [1.54, 1.807) is 23.5 Å². The van der Waals surface area contributed by atoms with Gasteiger partial charge in [0.15, 0.2) is 4.90 Å². The monoisotopic (exact) mass is 665 g/mol. The standard InChI is InChI=1S/C28H30BrF2N5O5S/c1-15(27(38)33-24(13-37)18-7-19(30)10-20(8-18)40-2)36-12-17-4-3-16(9-25(17)42(36)39)26-21(29)11-32-28(35-26)34-23-5-6-41-14-22(23)31/h3-4,7-11,15,22-24,37H,5-6,12-14H2,1-2H3,(H,33,38)(H,32,34,35).